The first-order valence-electron chi connectivity index (χ1n) is 7.26. The molecule has 1 aliphatic carbocycles. The quantitative estimate of drug-likeness (QED) is 0.776. The predicted molar refractivity (Wildman–Crippen MR) is 75.4 cm³/mol. The van der Waals surface area contributed by atoms with Crippen LogP contribution >= 0.6 is 0 Å². The zero-order valence-corrected chi connectivity index (χ0v) is 12.6. The van der Waals surface area contributed by atoms with Gasteiger partial charge in [-0.15, -0.1) is 0 Å². The normalized spacial score (nSPS) is 28.6. The Balaban J connectivity index is 1.86. The monoisotopic (exact) mass is 290 g/mol. The van der Waals surface area contributed by atoms with Crippen LogP contribution in [0.2, 0.25) is 0 Å². The van der Waals surface area contributed by atoms with Crippen LogP contribution in [-0.2, 0) is 10.0 Å². The van der Waals surface area contributed by atoms with E-state index >= 15 is 0 Å². The largest absolute Gasteiger partial charge is 0.394 e. The number of rotatable bonds is 5. The fraction of sp³-hybridized carbons (Fsp3) is 1.00. The average Bonchev–Trinajstić information content (AvgIpc) is 2.85. The van der Waals surface area contributed by atoms with E-state index in [2.05, 4.69) is 5.32 Å². The zero-order valence-electron chi connectivity index (χ0n) is 11.8. The maximum absolute atomic E-state index is 11.6. The van der Waals surface area contributed by atoms with E-state index in [-0.39, 0.29) is 12.1 Å². The molecule has 1 aliphatic heterocycles. The van der Waals surface area contributed by atoms with Crippen molar-refractivity contribution < 1.29 is 13.5 Å². The van der Waals surface area contributed by atoms with Crippen molar-refractivity contribution in [3.05, 3.63) is 0 Å². The van der Waals surface area contributed by atoms with Crippen LogP contribution in [0.25, 0.3) is 0 Å². The molecular formula is C13H26N2O3S. The van der Waals surface area contributed by atoms with Gasteiger partial charge in [-0.3, -0.25) is 0 Å². The summed E-state index contributed by atoms with van der Waals surface area (Å²) >= 11 is 0. The highest BCUT2D eigenvalue weighted by atomic mass is 32.2. The average molecular weight is 290 g/mol. The van der Waals surface area contributed by atoms with Gasteiger partial charge in [0.15, 0.2) is 0 Å². The van der Waals surface area contributed by atoms with Gasteiger partial charge in [0.1, 0.15) is 0 Å². The topological polar surface area (TPSA) is 69.6 Å². The van der Waals surface area contributed by atoms with Gasteiger partial charge in [-0.25, -0.2) is 12.7 Å². The first-order chi connectivity index (χ1) is 8.95. The number of aliphatic hydroxyl groups excluding tert-OH is 1. The molecule has 0 aromatic carbocycles. The third-order valence-corrected chi connectivity index (χ3v) is 5.85. The van der Waals surface area contributed by atoms with Gasteiger partial charge in [-0.2, -0.15) is 0 Å². The molecule has 2 fully saturated rings. The van der Waals surface area contributed by atoms with Crippen molar-refractivity contribution in [2.24, 2.45) is 5.92 Å². The van der Waals surface area contributed by atoms with Gasteiger partial charge in [-0.1, -0.05) is 12.8 Å². The molecule has 0 radical (unpaired) electrons. The molecule has 0 aromatic rings. The van der Waals surface area contributed by atoms with Crippen LogP contribution in [0.5, 0.6) is 0 Å². The summed E-state index contributed by atoms with van der Waals surface area (Å²) in [7, 11) is -3.06. The van der Waals surface area contributed by atoms with Crippen molar-refractivity contribution in [3.8, 4) is 0 Å². The highest BCUT2D eigenvalue weighted by molar-refractivity contribution is 7.88. The maximum atomic E-state index is 11.6. The Bertz CT molecular complexity index is 391. The molecule has 1 unspecified atom stereocenters. The Labute approximate surface area is 116 Å². The SMILES string of the molecule is CS(=O)(=O)N1CCCC(CNC2(CO)CCCC2)C1. The van der Waals surface area contributed by atoms with Crippen molar-refractivity contribution >= 4 is 10.0 Å². The van der Waals surface area contributed by atoms with Crippen LogP contribution in [0.4, 0.5) is 0 Å². The molecule has 0 spiro atoms. The summed E-state index contributed by atoms with van der Waals surface area (Å²) in [5.74, 6) is 0.368. The maximum Gasteiger partial charge on any atom is 0.211 e. The molecule has 5 nitrogen and oxygen atoms in total. The molecule has 2 aliphatic rings. The molecule has 1 saturated heterocycles. The standard InChI is InChI=1S/C13H26N2O3S/c1-19(17,18)15-8-4-5-12(10-15)9-14-13(11-16)6-2-3-7-13/h12,14,16H,2-11H2,1H3. The number of nitrogens with zero attached hydrogens (tertiary/aromatic N) is 1. The molecule has 0 bridgehead atoms. The Morgan fingerprint density at radius 1 is 1.32 bits per heavy atom. The number of piperidine rings is 1. The molecule has 1 saturated carbocycles. The van der Waals surface area contributed by atoms with E-state index in [9.17, 15) is 13.5 Å². The van der Waals surface area contributed by atoms with Crippen LogP contribution in [0.15, 0.2) is 0 Å². The van der Waals surface area contributed by atoms with E-state index in [0.29, 0.717) is 19.0 Å². The molecule has 2 rings (SSSR count). The minimum atomic E-state index is -3.06. The Kier molecular flexibility index (Phi) is 4.87. The third kappa shape index (κ3) is 3.90. The van der Waals surface area contributed by atoms with E-state index in [1.165, 1.54) is 19.1 Å². The molecule has 0 amide bonds. The number of hydrogen-bond donors (Lipinski definition) is 2. The van der Waals surface area contributed by atoms with Crippen molar-refractivity contribution in [2.45, 2.75) is 44.1 Å². The Hall–Kier alpha value is -0.170. The lowest BCUT2D eigenvalue weighted by molar-refractivity contribution is 0.150. The number of hydrogen-bond acceptors (Lipinski definition) is 4. The second-order valence-electron chi connectivity index (χ2n) is 6.16. The third-order valence-electron chi connectivity index (χ3n) is 4.58. The van der Waals surface area contributed by atoms with Crippen LogP contribution in [0, 0.1) is 5.92 Å². The molecule has 1 heterocycles. The summed E-state index contributed by atoms with van der Waals surface area (Å²) in [6.45, 7) is 2.27. The summed E-state index contributed by atoms with van der Waals surface area (Å²) in [6, 6.07) is 0. The summed E-state index contributed by atoms with van der Waals surface area (Å²) < 4.78 is 24.7. The van der Waals surface area contributed by atoms with Gasteiger partial charge >= 0.3 is 0 Å². The van der Waals surface area contributed by atoms with Crippen LogP contribution in [-0.4, -0.2) is 55.9 Å². The van der Waals surface area contributed by atoms with E-state index < -0.39 is 10.0 Å². The lowest BCUT2D eigenvalue weighted by Gasteiger charge is -2.35. The van der Waals surface area contributed by atoms with Crippen LogP contribution < -0.4 is 5.32 Å². The number of nitrogens with one attached hydrogen (secondary N) is 1. The fourth-order valence-electron chi connectivity index (χ4n) is 3.30. The zero-order chi connectivity index (χ0) is 13.9. The Morgan fingerprint density at radius 3 is 2.58 bits per heavy atom. The van der Waals surface area contributed by atoms with Crippen molar-refractivity contribution in [3.63, 3.8) is 0 Å². The second-order valence-corrected chi connectivity index (χ2v) is 8.14. The highest BCUT2D eigenvalue weighted by Crippen LogP contribution is 2.29. The Morgan fingerprint density at radius 2 is 2.00 bits per heavy atom. The fourth-order valence-corrected chi connectivity index (χ4v) is 4.24. The van der Waals surface area contributed by atoms with Crippen LogP contribution in [0.3, 0.4) is 0 Å². The van der Waals surface area contributed by atoms with Gasteiger partial charge in [0, 0.05) is 18.6 Å². The van der Waals surface area contributed by atoms with Crippen molar-refractivity contribution in [1.82, 2.24) is 9.62 Å². The molecule has 112 valence electrons. The summed E-state index contributed by atoms with van der Waals surface area (Å²) in [5.41, 5.74) is -0.104. The highest BCUT2D eigenvalue weighted by Gasteiger charge is 2.34. The molecule has 1 atom stereocenters. The molecular weight excluding hydrogens is 264 g/mol. The first kappa shape index (κ1) is 15.2. The van der Waals surface area contributed by atoms with E-state index in [0.717, 1.165) is 32.2 Å². The molecule has 6 heteroatoms. The van der Waals surface area contributed by atoms with E-state index in [1.54, 1.807) is 4.31 Å². The minimum Gasteiger partial charge on any atom is -0.394 e. The minimum absolute atomic E-state index is 0.104. The summed E-state index contributed by atoms with van der Waals surface area (Å²) in [6.07, 6.45) is 7.71. The smallest absolute Gasteiger partial charge is 0.211 e. The first-order valence-corrected chi connectivity index (χ1v) is 9.11. The number of sulfonamides is 1. The van der Waals surface area contributed by atoms with Gasteiger partial charge in [0.05, 0.1) is 12.9 Å². The van der Waals surface area contributed by atoms with Gasteiger partial charge < -0.3 is 10.4 Å². The second kappa shape index (κ2) is 6.08. The van der Waals surface area contributed by atoms with Gasteiger partial charge in [0.25, 0.3) is 0 Å². The van der Waals surface area contributed by atoms with Crippen molar-refractivity contribution in [2.75, 3.05) is 32.5 Å². The molecule has 19 heavy (non-hydrogen) atoms. The molecule has 0 aromatic heterocycles. The van der Waals surface area contributed by atoms with Gasteiger partial charge in [0.2, 0.25) is 10.0 Å². The lowest BCUT2D eigenvalue weighted by atomic mass is 9.95. The van der Waals surface area contributed by atoms with E-state index in [4.69, 9.17) is 0 Å². The molecule has 2 N–H and O–H groups in total. The van der Waals surface area contributed by atoms with Crippen molar-refractivity contribution in [1.29, 1.82) is 0 Å². The van der Waals surface area contributed by atoms with Crippen LogP contribution in [0.1, 0.15) is 38.5 Å². The van der Waals surface area contributed by atoms with Gasteiger partial charge in [-0.05, 0) is 38.1 Å². The lowest BCUT2D eigenvalue weighted by Crippen LogP contribution is -2.50. The summed E-state index contributed by atoms with van der Waals surface area (Å²) in [5, 5.41) is 13.1. The predicted octanol–water partition coefficient (Wildman–Crippen LogP) is 0.553. The number of aliphatic hydroxyl groups is 1. The summed E-state index contributed by atoms with van der Waals surface area (Å²) in [4.78, 5) is 0. The van der Waals surface area contributed by atoms with E-state index in [1.807, 2.05) is 0 Å².